The van der Waals surface area contributed by atoms with Gasteiger partial charge in [-0.2, -0.15) is 0 Å². The zero-order chi connectivity index (χ0) is 17.0. The lowest BCUT2D eigenvalue weighted by Crippen LogP contribution is -2.20. The Hall–Kier alpha value is -2.69. The van der Waals surface area contributed by atoms with Crippen molar-refractivity contribution in [1.82, 2.24) is 4.72 Å². The minimum Gasteiger partial charge on any atom is -0.478 e. The third-order valence-corrected chi connectivity index (χ3v) is 4.44. The standard InChI is InChI=1S/C16H12FNO4S/c1-18-23(21,22)15-9-6-13(16(19)20)10-12(15)5-2-11-3-7-14(17)8-4-11/h3-4,6-10,18H,1H3,(H,19,20). The highest BCUT2D eigenvalue weighted by molar-refractivity contribution is 7.89. The molecule has 118 valence electrons. The maximum atomic E-state index is 12.9. The topological polar surface area (TPSA) is 83.5 Å². The van der Waals surface area contributed by atoms with E-state index >= 15 is 0 Å². The number of aromatic carboxylic acids is 1. The Bertz CT molecular complexity index is 909. The van der Waals surface area contributed by atoms with E-state index in [0.717, 1.165) is 0 Å². The number of carboxylic acid groups (broad SMARTS) is 1. The monoisotopic (exact) mass is 333 g/mol. The van der Waals surface area contributed by atoms with Crippen LogP contribution in [-0.2, 0) is 10.0 Å². The van der Waals surface area contributed by atoms with Gasteiger partial charge in [-0.1, -0.05) is 11.8 Å². The molecule has 0 radical (unpaired) electrons. The maximum absolute atomic E-state index is 12.9. The molecule has 0 bridgehead atoms. The summed E-state index contributed by atoms with van der Waals surface area (Å²) in [5.74, 6) is 3.71. The van der Waals surface area contributed by atoms with Crippen LogP contribution in [0.3, 0.4) is 0 Å². The number of benzene rings is 2. The van der Waals surface area contributed by atoms with E-state index in [-0.39, 0.29) is 16.0 Å². The average Bonchev–Trinajstić information content (AvgIpc) is 2.54. The molecule has 2 aromatic carbocycles. The summed E-state index contributed by atoms with van der Waals surface area (Å²) in [6.07, 6.45) is 0. The Morgan fingerprint density at radius 2 is 1.78 bits per heavy atom. The number of halogens is 1. The van der Waals surface area contributed by atoms with Crippen LogP contribution in [0.1, 0.15) is 21.5 Å². The van der Waals surface area contributed by atoms with Crippen molar-refractivity contribution in [3.8, 4) is 11.8 Å². The van der Waals surface area contributed by atoms with Crippen LogP contribution in [0.25, 0.3) is 0 Å². The normalized spacial score (nSPS) is 10.7. The largest absolute Gasteiger partial charge is 0.478 e. The number of hydrogen-bond acceptors (Lipinski definition) is 3. The molecular formula is C16H12FNO4S. The summed E-state index contributed by atoms with van der Waals surface area (Å²) in [5, 5.41) is 9.02. The summed E-state index contributed by atoms with van der Waals surface area (Å²) < 4.78 is 39.0. The van der Waals surface area contributed by atoms with Gasteiger partial charge in [0.25, 0.3) is 0 Å². The van der Waals surface area contributed by atoms with Crippen molar-refractivity contribution in [3.05, 3.63) is 65.0 Å². The van der Waals surface area contributed by atoms with Gasteiger partial charge in [-0.25, -0.2) is 22.3 Å². The number of sulfonamides is 1. The zero-order valence-corrected chi connectivity index (χ0v) is 12.8. The SMILES string of the molecule is CNS(=O)(=O)c1ccc(C(=O)O)cc1C#Cc1ccc(F)cc1. The van der Waals surface area contributed by atoms with Crippen LogP contribution in [0.15, 0.2) is 47.4 Å². The minimum absolute atomic E-state index is 0.0450. The first kappa shape index (κ1) is 16.7. The van der Waals surface area contributed by atoms with Crippen molar-refractivity contribution in [2.75, 3.05) is 7.05 Å². The average molecular weight is 333 g/mol. The first-order valence-electron chi connectivity index (χ1n) is 6.42. The Labute approximate surface area is 132 Å². The number of nitrogens with one attached hydrogen (secondary N) is 1. The molecule has 0 unspecified atom stereocenters. The fraction of sp³-hybridized carbons (Fsp3) is 0.0625. The quantitative estimate of drug-likeness (QED) is 0.840. The second kappa shape index (κ2) is 6.60. The minimum atomic E-state index is -3.79. The van der Waals surface area contributed by atoms with Crippen LogP contribution >= 0.6 is 0 Å². The molecule has 0 aliphatic heterocycles. The van der Waals surface area contributed by atoms with Gasteiger partial charge >= 0.3 is 5.97 Å². The lowest BCUT2D eigenvalue weighted by Gasteiger charge is -2.06. The summed E-state index contributed by atoms with van der Waals surface area (Å²) in [6.45, 7) is 0. The maximum Gasteiger partial charge on any atom is 0.335 e. The van der Waals surface area contributed by atoms with E-state index < -0.39 is 21.8 Å². The molecule has 5 nitrogen and oxygen atoms in total. The Morgan fingerprint density at radius 1 is 1.13 bits per heavy atom. The smallest absolute Gasteiger partial charge is 0.335 e. The van der Waals surface area contributed by atoms with Crippen LogP contribution < -0.4 is 4.72 Å². The fourth-order valence-corrected chi connectivity index (χ4v) is 2.64. The molecular weight excluding hydrogens is 321 g/mol. The van der Waals surface area contributed by atoms with Gasteiger partial charge in [0.15, 0.2) is 0 Å². The summed E-state index contributed by atoms with van der Waals surface area (Å²) in [7, 11) is -2.54. The number of carboxylic acids is 1. The zero-order valence-electron chi connectivity index (χ0n) is 12.0. The van der Waals surface area contributed by atoms with Gasteiger partial charge < -0.3 is 5.11 Å². The second-order valence-electron chi connectivity index (χ2n) is 4.48. The highest BCUT2D eigenvalue weighted by Gasteiger charge is 2.17. The Kier molecular flexibility index (Phi) is 4.79. The summed E-state index contributed by atoms with van der Waals surface area (Å²) >= 11 is 0. The molecule has 2 rings (SSSR count). The van der Waals surface area contributed by atoms with E-state index in [2.05, 4.69) is 16.6 Å². The first-order valence-corrected chi connectivity index (χ1v) is 7.90. The van der Waals surface area contributed by atoms with Gasteiger partial charge in [0.2, 0.25) is 10.0 Å². The molecule has 0 atom stereocenters. The van der Waals surface area contributed by atoms with Crippen LogP contribution in [0.4, 0.5) is 4.39 Å². The molecule has 2 aromatic rings. The van der Waals surface area contributed by atoms with Gasteiger partial charge in [0.05, 0.1) is 10.5 Å². The molecule has 0 amide bonds. The van der Waals surface area contributed by atoms with Crippen LogP contribution in [0.2, 0.25) is 0 Å². The van der Waals surface area contributed by atoms with Gasteiger partial charge in [-0.15, -0.1) is 0 Å². The molecule has 0 aliphatic rings. The summed E-state index contributed by atoms with van der Waals surface area (Å²) in [4.78, 5) is 10.9. The van der Waals surface area contributed by atoms with Crippen molar-refractivity contribution >= 4 is 16.0 Å². The predicted molar refractivity (Wildman–Crippen MR) is 82.0 cm³/mol. The molecule has 0 saturated carbocycles. The predicted octanol–water partition coefficient (Wildman–Crippen LogP) is 1.83. The summed E-state index contributed by atoms with van der Waals surface area (Å²) in [6, 6.07) is 8.89. The number of hydrogen-bond donors (Lipinski definition) is 2. The molecule has 2 N–H and O–H groups in total. The second-order valence-corrected chi connectivity index (χ2v) is 6.34. The third-order valence-electron chi connectivity index (χ3n) is 2.97. The Morgan fingerprint density at radius 3 is 2.35 bits per heavy atom. The van der Waals surface area contributed by atoms with E-state index in [1.165, 1.54) is 49.5 Å². The fourth-order valence-electron chi connectivity index (χ4n) is 1.78. The van der Waals surface area contributed by atoms with Crippen molar-refractivity contribution in [1.29, 1.82) is 0 Å². The summed E-state index contributed by atoms with van der Waals surface area (Å²) in [5.41, 5.74) is 0.437. The molecule has 7 heteroatoms. The number of rotatable bonds is 3. The Balaban J connectivity index is 2.57. The molecule has 0 fully saturated rings. The molecule has 23 heavy (non-hydrogen) atoms. The first-order chi connectivity index (χ1) is 10.8. The van der Waals surface area contributed by atoms with Gasteiger partial charge in [-0.05, 0) is 49.5 Å². The molecule has 0 aromatic heterocycles. The molecule has 0 saturated heterocycles. The molecule has 0 aliphatic carbocycles. The van der Waals surface area contributed by atoms with E-state index in [1.807, 2.05) is 0 Å². The van der Waals surface area contributed by atoms with Crippen molar-refractivity contribution in [2.45, 2.75) is 4.90 Å². The van der Waals surface area contributed by atoms with E-state index in [9.17, 15) is 17.6 Å². The van der Waals surface area contributed by atoms with Crippen molar-refractivity contribution < 1.29 is 22.7 Å². The van der Waals surface area contributed by atoms with E-state index in [1.54, 1.807) is 0 Å². The van der Waals surface area contributed by atoms with Crippen molar-refractivity contribution in [3.63, 3.8) is 0 Å². The lowest BCUT2D eigenvalue weighted by atomic mass is 10.1. The van der Waals surface area contributed by atoms with E-state index in [4.69, 9.17) is 5.11 Å². The van der Waals surface area contributed by atoms with Crippen LogP contribution in [0, 0.1) is 17.7 Å². The van der Waals surface area contributed by atoms with E-state index in [0.29, 0.717) is 5.56 Å². The number of carbonyl (C=O) groups is 1. The highest BCUT2D eigenvalue weighted by Crippen LogP contribution is 2.17. The van der Waals surface area contributed by atoms with Gasteiger partial charge in [0, 0.05) is 11.1 Å². The lowest BCUT2D eigenvalue weighted by molar-refractivity contribution is 0.0696. The molecule has 0 heterocycles. The van der Waals surface area contributed by atoms with Crippen LogP contribution in [0.5, 0.6) is 0 Å². The molecule has 0 spiro atoms. The highest BCUT2D eigenvalue weighted by atomic mass is 32.2. The van der Waals surface area contributed by atoms with Crippen LogP contribution in [-0.4, -0.2) is 26.5 Å². The third kappa shape index (κ3) is 3.94. The van der Waals surface area contributed by atoms with Gasteiger partial charge in [0.1, 0.15) is 5.82 Å². The van der Waals surface area contributed by atoms with Gasteiger partial charge in [-0.3, -0.25) is 0 Å². The van der Waals surface area contributed by atoms with Crippen molar-refractivity contribution in [2.24, 2.45) is 0 Å².